The van der Waals surface area contributed by atoms with E-state index in [1.54, 1.807) is 0 Å². The number of ether oxygens (including phenoxy) is 1. The van der Waals surface area contributed by atoms with Crippen molar-refractivity contribution in [1.82, 2.24) is 20.4 Å². The summed E-state index contributed by atoms with van der Waals surface area (Å²) in [7, 11) is 0. The van der Waals surface area contributed by atoms with Crippen LogP contribution in [0.5, 0.6) is 0 Å². The Hall–Kier alpha value is -0.980. The lowest BCUT2D eigenvalue weighted by Crippen LogP contribution is -2.46. The van der Waals surface area contributed by atoms with Crippen molar-refractivity contribution in [2.75, 3.05) is 26.2 Å². The number of aryl methyl sites for hydroxylation is 1. The first-order valence-electron chi connectivity index (χ1n) is 9.57. The molecular weight excluding hydrogens is 304 g/mol. The molecule has 0 aromatic carbocycles. The van der Waals surface area contributed by atoms with Gasteiger partial charge >= 0.3 is 0 Å². The van der Waals surface area contributed by atoms with Crippen molar-refractivity contribution in [2.24, 2.45) is 5.92 Å². The van der Waals surface area contributed by atoms with Crippen LogP contribution in [0.3, 0.4) is 0 Å². The minimum atomic E-state index is 0.477. The summed E-state index contributed by atoms with van der Waals surface area (Å²) < 4.78 is 11.2. The van der Waals surface area contributed by atoms with E-state index in [1.165, 1.54) is 38.5 Å². The van der Waals surface area contributed by atoms with Crippen molar-refractivity contribution in [3.8, 4) is 0 Å². The van der Waals surface area contributed by atoms with Gasteiger partial charge in [0.25, 0.3) is 0 Å². The van der Waals surface area contributed by atoms with E-state index in [9.17, 15) is 0 Å². The number of piperidine rings is 1. The average molecular weight is 336 g/mol. The van der Waals surface area contributed by atoms with Gasteiger partial charge in [-0.3, -0.25) is 4.90 Å². The molecule has 0 bridgehead atoms. The molecule has 2 aliphatic rings. The van der Waals surface area contributed by atoms with Crippen molar-refractivity contribution >= 4 is 0 Å². The number of hydrogen-bond donors (Lipinski definition) is 1. The Morgan fingerprint density at radius 1 is 1.25 bits per heavy atom. The van der Waals surface area contributed by atoms with Crippen LogP contribution in [0.25, 0.3) is 0 Å². The highest BCUT2D eigenvalue weighted by atomic mass is 16.5. The minimum absolute atomic E-state index is 0.477. The highest BCUT2D eigenvalue weighted by Crippen LogP contribution is 2.26. The molecule has 136 valence electrons. The fourth-order valence-electron chi connectivity index (χ4n) is 3.97. The van der Waals surface area contributed by atoms with Gasteiger partial charge in [0, 0.05) is 26.1 Å². The van der Waals surface area contributed by atoms with E-state index < -0.39 is 0 Å². The first kappa shape index (κ1) is 17.8. The van der Waals surface area contributed by atoms with Gasteiger partial charge in [-0.05, 0) is 38.1 Å². The second kappa shape index (κ2) is 8.92. The summed E-state index contributed by atoms with van der Waals surface area (Å²) in [6, 6.07) is 0.541. The first-order chi connectivity index (χ1) is 11.7. The van der Waals surface area contributed by atoms with Crippen LogP contribution in [0, 0.1) is 12.8 Å². The van der Waals surface area contributed by atoms with E-state index in [2.05, 4.69) is 27.3 Å². The summed E-state index contributed by atoms with van der Waals surface area (Å²) in [5.74, 6) is 2.16. The van der Waals surface area contributed by atoms with E-state index in [-0.39, 0.29) is 0 Å². The van der Waals surface area contributed by atoms with Crippen LogP contribution in [-0.4, -0.2) is 53.4 Å². The highest BCUT2D eigenvalue weighted by Gasteiger charge is 2.23. The van der Waals surface area contributed by atoms with Gasteiger partial charge in [0.2, 0.25) is 5.89 Å². The maximum atomic E-state index is 6.10. The van der Waals surface area contributed by atoms with Crippen LogP contribution in [0.1, 0.15) is 57.2 Å². The predicted molar refractivity (Wildman–Crippen MR) is 92.7 cm³/mol. The molecule has 3 atom stereocenters. The van der Waals surface area contributed by atoms with Crippen molar-refractivity contribution in [2.45, 2.75) is 71.1 Å². The van der Waals surface area contributed by atoms with E-state index in [1.807, 2.05) is 6.92 Å². The van der Waals surface area contributed by atoms with Gasteiger partial charge in [-0.1, -0.05) is 24.9 Å². The predicted octanol–water partition coefficient (Wildman–Crippen LogP) is 2.53. The molecule has 1 N–H and O–H groups in total. The van der Waals surface area contributed by atoms with E-state index in [0.29, 0.717) is 18.0 Å². The molecule has 3 unspecified atom stereocenters. The van der Waals surface area contributed by atoms with E-state index in [4.69, 9.17) is 9.26 Å². The second-order valence-electron chi connectivity index (χ2n) is 7.43. The Kier molecular flexibility index (Phi) is 6.63. The summed E-state index contributed by atoms with van der Waals surface area (Å²) in [4.78, 5) is 6.72. The molecule has 1 saturated heterocycles. The highest BCUT2D eigenvalue weighted by molar-refractivity contribution is 4.87. The Balaban J connectivity index is 1.33. The first-order valence-corrected chi connectivity index (χ1v) is 9.57. The van der Waals surface area contributed by atoms with Gasteiger partial charge < -0.3 is 14.6 Å². The van der Waals surface area contributed by atoms with Crippen LogP contribution in [0.15, 0.2) is 4.52 Å². The van der Waals surface area contributed by atoms with Gasteiger partial charge in [-0.25, -0.2) is 0 Å². The molecule has 6 heteroatoms. The van der Waals surface area contributed by atoms with E-state index in [0.717, 1.165) is 44.5 Å². The van der Waals surface area contributed by atoms with Gasteiger partial charge in [0.15, 0.2) is 5.82 Å². The average Bonchev–Trinajstić information content (AvgIpc) is 2.98. The van der Waals surface area contributed by atoms with Crippen LogP contribution in [-0.2, 0) is 11.3 Å². The van der Waals surface area contributed by atoms with Gasteiger partial charge in [0.05, 0.1) is 19.3 Å². The molecule has 1 aromatic heterocycles. The summed E-state index contributed by atoms with van der Waals surface area (Å²) in [6.45, 7) is 8.89. The molecular formula is C18H32N4O2. The molecule has 1 saturated carbocycles. The summed E-state index contributed by atoms with van der Waals surface area (Å²) in [5, 5.41) is 7.67. The van der Waals surface area contributed by atoms with Gasteiger partial charge in [0.1, 0.15) is 0 Å². The van der Waals surface area contributed by atoms with Crippen molar-refractivity contribution in [3.05, 3.63) is 11.7 Å². The fourth-order valence-corrected chi connectivity index (χ4v) is 3.97. The lowest BCUT2D eigenvalue weighted by molar-refractivity contribution is -0.00460. The second-order valence-corrected chi connectivity index (χ2v) is 7.43. The standard InChI is InChI=1S/C18H32N4O2/c1-14-6-3-4-8-17(14)23-11-9-19-16-7-5-10-22(12-16)13-18-20-15(2)24-21-18/h14,16-17,19H,3-13H2,1-2H3. The van der Waals surface area contributed by atoms with Crippen LogP contribution >= 0.6 is 0 Å². The number of hydrogen-bond acceptors (Lipinski definition) is 6. The molecule has 2 fully saturated rings. The van der Waals surface area contributed by atoms with Crippen LogP contribution in [0.4, 0.5) is 0 Å². The lowest BCUT2D eigenvalue weighted by Gasteiger charge is -2.33. The number of rotatable bonds is 7. The molecule has 1 aliphatic heterocycles. The molecule has 0 spiro atoms. The maximum Gasteiger partial charge on any atom is 0.223 e. The SMILES string of the molecule is Cc1nc(CN2CCCC(NCCOC3CCCCC3C)C2)no1. The Bertz CT molecular complexity index is 493. The molecule has 2 heterocycles. The van der Waals surface area contributed by atoms with Gasteiger partial charge in [-0.2, -0.15) is 4.98 Å². The summed E-state index contributed by atoms with van der Waals surface area (Å²) >= 11 is 0. The molecule has 24 heavy (non-hydrogen) atoms. The molecule has 6 nitrogen and oxygen atoms in total. The smallest absolute Gasteiger partial charge is 0.223 e. The van der Waals surface area contributed by atoms with Crippen molar-refractivity contribution in [3.63, 3.8) is 0 Å². The van der Waals surface area contributed by atoms with Crippen molar-refractivity contribution < 1.29 is 9.26 Å². The zero-order valence-corrected chi connectivity index (χ0v) is 15.2. The molecule has 1 aliphatic carbocycles. The molecule has 0 amide bonds. The molecule has 0 radical (unpaired) electrons. The van der Waals surface area contributed by atoms with Crippen LogP contribution < -0.4 is 5.32 Å². The third-order valence-electron chi connectivity index (χ3n) is 5.34. The number of likely N-dealkylation sites (tertiary alicyclic amines) is 1. The fraction of sp³-hybridized carbons (Fsp3) is 0.889. The zero-order valence-electron chi connectivity index (χ0n) is 15.2. The zero-order chi connectivity index (χ0) is 16.8. The summed E-state index contributed by atoms with van der Waals surface area (Å²) in [5.41, 5.74) is 0. The van der Waals surface area contributed by atoms with Crippen LogP contribution in [0.2, 0.25) is 0 Å². The maximum absolute atomic E-state index is 6.10. The Morgan fingerprint density at radius 2 is 2.12 bits per heavy atom. The summed E-state index contributed by atoms with van der Waals surface area (Å²) in [6.07, 6.45) is 8.20. The van der Waals surface area contributed by atoms with Gasteiger partial charge in [-0.15, -0.1) is 0 Å². The number of nitrogens with zero attached hydrogens (tertiary/aromatic N) is 3. The number of aromatic nitrogens is 2. The topological polar surface area (TPSA) is 63.4 Å². The monoisotopic (exact) mass is 336 g/mol. The normalized spacial score (nSPS) is 29.0. The molecule has 3 rings (SSSR count). The third-order valence-corrected chi connectivity index (χ3v) is 5.34. The molecule has 1 aromatic rings. The lowest BCUT2D eigenvalue weighted by atomic mass is 9.88. The Labute approximate surface area is 145 Å². The minimum Gasteiger partial charge on any atom is -0.377 e. The Morgan fingerprint density at radius 3 is 2.92 bits per heavy atom. The quantitative estimate of drug-likeness (QED) is 0.772. The third kappa shape index (κ3) is 5.26. The number of nitrogens with one attached hydrogen (secondary N) is 1. The largest absolute Gasteiger partial charge is 0.377 e. The van der Waals surface area contributed by atoms with Crippen molar-refractivity contribution in [1.29, 1.82) is 0 Å². The van der Waals surface area contributed by atoms with E-state index >= 15 is 0 Å².